The van der Waals surface area contributed by atoms with Gasteiger partial charge in [0, 0.05) is 6.42 Å². The van der Waals surface area contributed by atoms with Gasteiger partial charge in [-0.05, 0) is 5.92 Å². The zero-order valence-electron chi connectivity index (χ0n) is 10.9. The lowest BCUT2D eigenvalue weighted by molar-refractivity contribution is -0.145. The molecule has 110 valence electrons. The second-order valence-electron chi connectivity index (χ2n) is 4.17. The normalized spacial score (nSPS) is 11.8. The summed E-state index contributed by atoms with van der Waals surface area (Å²) in [6.07, 6.45) is -0.723. The third-order valence-electron chi connectivity index (χ3n) is 1.93. The largest absolute Gasteiger partial charge is 0.480 e. The molecular weight excluding hydrogens is 258 g/mol. The van der Waals surface area contributed by atoms with Crippen LogP contribution in [0.15, 0.2) is 0 Å². The lowest BCUT2D eigenvalue weighted by Gasteiger charge is -2.12. The molecule has 0 aromatic carbocycles. The molecule has 3 N–H and O–H groups in total. The number of carbonyl (C=O) groups excluding carboxylic acids is 2. The van der Waals surface area contributed by atoms with Crippen molar-refractivity contribution in [3.05, 3.63) is 0 Å². The molecule has 0 unspecified atom stereocenters. The van der Waals surface area contributed by atoms with Crippen LogP contribution >= 0.6 is 0 Å². The zero-order valence-corrected chi connectivity index (χ0v) is 10.9. The van der Waals surface area contributed by atoms with Gasteiger partial charge in [-0.2, -0.15) is 0 Å². The second-order valence-corrected chi connectivity index (χ2v) is 4.17. The molecule has 0 radical (unpaired) electrons. The highest BCUT2D eigenvalue weighted by Crippen LogP contribution is 2.00. The molecule has 0 aliphatic rings. The van der Waals surface area contributed by atoms with E-state index in [0.717, 1.165) is 0 Å². The standard InChI is InChI=1S/C11H19NO7/c1-7(2)5-9(14)18-3-4-19-11(17)12-8(6-13)10(15)16/h7-8,13H,3-6H2,1-2H3,(H,12,17)(H,15,16)/t8-/m1/s1. The molecule has 0 saturated carbocycles. The first kappa shape index (κ1) is 17.2. The van der Waals surface area contributed by atoms with Crippen molar-refractivity contribution in [3.63, 3.8) is 0 Å². The summed E-state index contributed by atoms with van der Waals surface area (Å²) in [6.45, 7) is 2.70. The van der Waals surface area contributed by atoms with E-state index < -0.39 is 30.7 Å². The Morgan fingerprint density at radius 1 is 1.16 bits per heavy atom. The van der Waals surface area contributed by atoms with Gasteiger partial charge in [-0.15, -0.1) is 0 Å². The summed E-state index contributed by atoms with van der Waals surface area (Å²) >= 11 is 0. The summed E-state index contributed by atoms with van der Waals surface area (Å²) in [5, 5.41) is 19.1. The number of carboxylic acids is 1. The SMILES string of the molecule is CC(C)CC(=O)OCCOC(=O)N[C@H](CO)C(=O)O. The van der Waals surface area contributed by atoms with Gasteiger partial charge < -0.3 is 25.0 Å². The minimum Gasteiger partial charge on any atom is -0.480 e. The molecule has 8 heteroatoms. The monoisotopic (exact) mass is 277 g/mol. The molecule has 1 amide bonds. The Kier molecular flexibility index (Phi) is 8.27. The smallest absolute Gasteiger partial charge is 0.408 e. The molecule has 0 aromatic rings. The number of nitrogens with one attached hydrogen (secondary N) is 1. The maximum Gasteiger partial charge on any atom is 0.408 e. The van der Waals surface area contributed by atoms with Crippen LogP contribution in [0.25, 0.3) is 0 Å². The summed E-state index contributed by atoms with van der Waals surface area (Å²) < 4.78 is 9.35. The Morgan fingerprint density at radius 2 is 1.74 bits per heavy atom. The predicted octanol–water partition coefficient (Wildman–Crippen LogP) is -0.253. The first-order chi connectivity index (χ1) is 8.86. The Morgan fingerprint density at radius 3 is 2.21 bits per heavy atom. The van der Waals surface area contributed by atoms with Gasteiger partial charge in [0.2, 0.25) is 0 Å². The molecule has 0 aliphatic heterocycles. The van der Waals surface area contributed by atoms with E-state index in [9.17, 15) is 14.4 Å². The van der Waals surface area contributed by atoms with Crippen LogP contribution < -0.4 is 5.32 Å². The third kappa shape index (κ3) is 8.83. The van der Waals surface area contributed by atoms with E-state index in [0.29, 0.717) is 0 Å². The number of alkyl carbamates (subject to hydrolysis) is 1. The Hall–Kier alpha value is -1.83. The van der Waals surface area contributed by atoms with E-state index in [-0.39, 0.29) is 25.6 Å². The van der Waals surface area contributed by atoms with Crippen LogP contribution in [0.1, 0.15) is 20.3 Å². The topological polar surface area (TPSA) is 122 Å². The van der Waals surface area contributed by atoms with E-state index in [1.807, 2.05) is 19.2 Å². The van der Waals surface area contributed by atoms with E-state index in [1.54, 1.807) is 0 Å². The fourth-order valence-electron chi connectivity index (χ4n) is 1.05. The van der Waals surface area contributed by atoms with Crippen molar-refractivity contribution in [2.24, 2.45) is 5.92 Å². The minimum atomic E-state index is -1.42. The number of hydrogen-bond donors (Lipinski definition) is 3. The van der Waals surface area contributed by atoms with Crippen LogP contribution in [0.4, 0.5) is 4.79 Å². The number of esters is 1. The van der Waals surface area contributed by atoms with Crippen LogP contribution in [0.2, 0.25) is 0 Å². The maximum absolute atomic E-state index is 11.1. The Bertz CT molecular complexity index is 316. The average Bonchev–Trinajstić information content (AvgIpc) is 2.30. The number of rotatable bonds is 8. The van der Waals surface area contributed by atoms with Gasteiger partial charge in [-0.25, -0.2) is 9.59 Å². The van der Waals surface area contributed by atoms with Crippen molar-refractivity contribution in [1.29, 1.82) is 0 Å². The first-order valence-electron chi connectivity index (χ1n) is 5.79. The Balaban J connectivity index is 3.75. The molecular formula is C11H19NO7. The lowest BCUT2D eigenvalue weighted by Crippen LogP contribution is -2.43. The van der Waals surface area contributed by atoms with Gasteiger partial charge in [0.1, 0.15) is 13.2 Å². The minimum absolute atomic E-state index is 0.101. The van der Waals surface area contributed by atoms with Crippen LogP contribution in [-0.2, 0) is 19.1 Å². The molecule has 8 nitrogen and oxygen atoms in total. The van der Waals surface area contributed by atoms with Gasteiger partial charge in [0.15, 0.2) is 6.04 Å². The summed E-state index contributed by atoms with van der Waals surface area (Å²) in [5.74, 6) is -1.59. The number of aliphatic hydroxyl groups excluding tert-OH is 1. The fraction of sp³-hybridized carbons (Fsp3) is 0.727. The van der Waals surface area contributed by atoms with Gasteiger partial charge in [0.05, 0.1) is 6.61 Å². The van der Waals surface area contributed by atoms with Gasteiger partial charge in [-0.3, -0.25) is 4.79 Å². The first-order valence-corrected chi connectivity index (χ1v) is 5.79. The van der Waals surface area contributed by atoms with Crippen molar-refractivity contribution >= 4 is 18.0 Å². The molecule has 19 heavy (non-hydrogen) atoms. The number of amides is 1. The van der Waals surface area contributed by atoms with E-state index >= 15 is 0 Å². The van der Waals surface area contributed by atoms with E-state index in [2.05, 4.69) is 4.74 Å². The zero-order chi connectivity index (χ0) is 14.8. The van der Waals surface area contributed by atoms with Crippen LogP contribution in [0, 0.1) is 5.92 Å². The fourth-order valence-corrected chi connectivity index (χ4v) is 1.05. The van der Waals surface area contributed by atoms with Crippen molar-refractivity contribution in [2.75, 3.05) is 19.8 Å². The maximum atomic E-state index is 11.1. The molecule has 0 spiro atoms. The molecule has 0 heterocycles. The molecule has 0 rings (SSSR count). The van der Waals surface area contributed by atoms with Crippen molar-refractivity contribution < 1.29 is 34.1 Å². The summed E-state index contributed by atoms with van der Waals surface area (Å²) in [6, 6.07) is -1.42. The molecule has 0 bridgehead atoms. The van der Waals surface area contributed by atoms with Gasteiger partial charge >= 0.3 is 18.0 Å². The summed E-state index contributed by atoms with van der Waals surface area (Å²) in [7, 11) is 0. The molecule has 0 saturated heterocycles. The highest BCUT2D eigenvalue weighted by atomic mass is 16.6. The summed E-state index contributed by atoms with van der Waals surface area (Å²) in [5.41, 5.74) is 0. The molecule has 0 aromatic heterocycles. The lowest BCUT2D eigenvalue weighted by atomic mass is 10.1. The highest BCUT2D eigenvalue weighted by molar-refractivity contribution is 5.79. The van der Waals surface area contributed by atoms with Crippen LogP contribution in [-0.4, -0.2) is 54.1 Å². The quantitative estimate of drug-likeness (QED) is 0.413. The number of aliphatic carboxylic acids is 1. The highest BCUT2D eigenvalue weighted by Gasteiger charge is 2.19. The van der Waals surface area contributed by atoms with Gasteiger partial charge in [-0.1, -0.05) is 13.8 Å². The van der Waals surface area contributed by atoms with E-state index in [4.69, 9.17) is 14.9 Å². The average molecular weight is 277 g/mol. The van der Waals surface area contributed by atoms with Crippen molar-refractivity contribution in [3.8, 4) is 0 Å². The molecule has 0 fully saturated rings. The van der Waals surface area contributed by atoms with Crippen LogP contribution in [0.5, 0.6) is 0 Å². The number of carbonyl (C=O) groups is 3. The van der Waals surface area contributed by atoms with Crippen LogP contribution in [0.3, 0.4) is 0 Å². The number of carboxylic acid groups (broad SMARTS) is 1. The van der Waals surface area contributed by atoms with Crippen molar-refractivity contribution in [1.82, 2.24) is 5.32 Å². The number of aliphatic hydroxyl groups is 1. The van der Waals surface area contributed by atoms with Gasteiger partial charge in [0.25, 0.3) is 0 Å². The number of ether oxygens (including phenoxy) is 2. The van der Waals surface area contributed by atoms with Crippen molar-refractivity contribution in [2.45, 2.75) is 26.3 Å². The molecule has 1 atom stereocenters. The van der Waals surface area contributed by atoms with E-state index in [1.165, 1.54) is 0 Å². The summed E-state index contributed by atoms with van der Waals surface area (Å²) in [4.78, 5) is 32.7. The Labute approximate surface area is 110 Å². The molecule has 0 aliphatic carbocycles. The third-order valence-corrected chi connectivity index (χ3v) is 1.93. The number of hydrogen-bond acceptors (Lipinski definition) is 6. The second kappa shape index (κ2) is 9.15. The predicted molar refractivity (Wildman–Crippen MR) is 63.4 cm³/mol.